The van der Waals surface area contributed by atoms with Crippen LogP contribution in [0.15, 0.2) is 42.5 Å². The minimum absolute atomic E-state index is 0.0329. The van der Waals surface area contributed by atoms with Gasteiger partial charge in [-0.1, -0.05) is 18.2 Å². The highest BCUT2D eigenvalue weighted by Gasteiger charge is 2.32. The summed E-state index contributed by atoms with van der Waals surface area (Å²) in [5, 5.41) is 2.96. The topological polar surface area (TPSA) is 78.5 Å². The van der Waals surface area contributed by atoms with E-state index in [0.717, 1.165) is 31.6 Å². The second-order valence-corrected chi connectivity index (χ2v) is 9.65. The van der Waals surface area contributed by atoms with Crippen LogP contribution in [0.25, 0.3) is 0 Å². The van der Waals surface area contributed by atoms with Crippen molar-refractivity contribution in [2.24, 2.45) is 0 Å². The first-order valence-electron chi connectivity index (χ1n) is 10.3. The highest BCUT2D eigenvalue weighted by molar-refractivity contribution is 7.92. The summed E-state index contributed by atoms with van der Waals surface area (Å²) in [5.41, 5.74) is 0.565. The van der Waals surface area contributed by atoms with Gasteiger partial charge in [0, 0.05) is 37.4 Å². The van der Waals surface area contributed by atoms with Gasteiger partial charge in [0.2, 0.25) is 10.0 Å². The molecule has 0 atom stereocenters. The summed E-state index contributed by atoms with van der Waals surface area (Å²) in [4.78, 5) is 14.7. The second-order valence-electron chi connectivity index (χ2n) is 7.90. The molecule has 2 N–H and O–H groups in total. The van der Waals surface area contributed by atoms with Crippen LogP contribution in [-0.4, -0.2) is 38.6 Å². The Labute approximate surface area is 185 Å². The minimum atomic E-state index is -4.45. The molecule has 1 saturated heterocycles. The van der Waals surface area contributed by atoms with Gasteiger partial charge in [-0.3, -0.25) is 9.52 Å². The van der Waals surface area contributed by atoms with E-state index in [0.29, 0.717) is 24.2 Å². The average molecular weight is 470 g/mol. The maximum absolute atomic E-state index is 13.2. The van der Waals surface area contributed by atoms with Gasteiger partial charge in [-0.2, -0.15) is 13.2 Å². The molecule has 1 aliphatic heterocycles. The van der Waals surface area contributed by atoms with Crippen molar-refractivity contribution in [3.05, 3.63) is 64.7 Å². The van der Waals surface area contributed by atoms with Crippen molar-refractivity contribution < 1.29 is 26.4 Å². The van der Waals surface area contributed by atoms with E-state index in [9.17, 15) is 26.4 Å². The molecule has 0 bridgehead atoms. The van der Waals surface area contributed by atoms with E-state index < -0.39 is 21.8 Å². The molecular formula is C22H26F3N3O3S. The lowest BCUT2D eigenvalue weighted by molar-refractivity contribution is -0.138. The quantitative estimate of drug-likeness (QED) is 0.643. The van der Waals surface area contributed by atoms with E-state index >= 15 is 0 Å². The van der Waals surface area contributed by atoms with E-state index in [-0.39, 0.29) is 30.2 Å². The van der Waals surface area contributed by atoms with Gasteiger partial charge < -0.3 is 10.2 Å². The van der Waals surface area contributed by atoms with Crippen LogP contribution in [0.5, 0.6) is 0 Å². The van der Waals surface area contributed by atoms with Crippen LogP contribution < -0.4 is 10.0 Å². The fourth-order valence-electron chi connectivity index (χ4n) is 3.76. The molecule has 0 aliphatic carbocycles. The monoisotopic (exact) mass is 469 g/mol. The highest BCUT2D eigenvalue weighted by atomic mass is 32.2. The molecule has 0 saturated carbocycles. The first-order valence-corrected chi connectivity index (χ1v) is 12.2. The van der Waals surface area contributed by atoms with Gasteiger partial charge >= 0.3 is 6.18 Å². The van der Waals surface area contributed by atoms with Crippen LogP contribution in [0, 0.1) is 0 Å². The predicted octanol–water partition coefficient (Wildman–Crippen LogP) is 3.99. The number of rotatable bonds is 7. The third-order valence-electron chi connectivity index (χ3n) is 5.15. The van der Waals surface area contributed by atoms with Crippen molar-refractivity contribution in [1.29, 1.82) is 0 Å². The molecule has 2 aromatic carbocycles. The maximum atomic E-state index is 13.2. The normalized spacial score (nSPS) is 14.9. The predicted molar refractivity (Wildman–Crippen MR) is 117 cm³/mol. The van der Waals surface area contributed by atoms with Crippen LogP contribution in [0.1, 0.15) is 46.3 Å². The Bertz CT molecular complexity index is 1070. The van der Waals surface area contributed by atoms with Crippen molar-refractivity contribution >= 4 is 21.6 Å². The van der Waals surface area contributed by atoms with Crippen molar-refractivity contribution in [2.75, 3.05) is 24.1 Å². The number of piperidine rings is 1. The molecular weight excluding hydrogens is 443 g/mol. The maximum Gasteiger partial charge on any atom is 0.416 e. The van der Waals surface area contributed by atoms with Gasteiger partial charge in [-0.05, 0) is 54.7 Å². The number of sulfonamides is 1. The molecule has 0 spiro atoms. The molecule has 32 heavy (non-hydrogen) atoms. The summed E-state index contributed by atoms with van der Waals surface area (Å²) in [6.45, 7) is 1.41. The fraction of sp³-hybridized carbons (Fsp3) is 0.409. The first kappa shape index (κ1) is 24.1. The van der Waals surface area contributed by atoms with Gasteiger partial charge in [-0.25, -0.2) is 8.42 Å². The van der Waals surface area contributed by atoms with Gasteiger partial charge in [0.1, 0.15) is 0 Å². The van der Waals surface area contributed by atoms with E-state index in [1.807, 2.05) is 0 Å². The number of nitrogens with zero attached hydrogens (tertiary/aromatic N) is 1. The largest absolute Gasteiger partial charge is 0.416 e. The molecule has 10 heteroatoms. The standard InChI is InChI=1S/C22H26F3N3O3S/c1-32(30,31)27-19-12-16(11-18(13-19)21(29)28-9-5-2-6-10-28)14-26-15-17-7-3-4-8-20(17)22(23,24)25/h3-4,7-8,11-13,26-27H,2,5-6,9-10,14-15H2,1H3. The Morgan fingerprint density at radius 1 is 1.03 bits per heavy atom. The van der Waals surface area contributed by atoms with Gasteiger partial charge in [0.05, 0.1) is 11.8 Å². The summed E-state index contributed by atoms with van der Waals surface area (Å²) in [6, 6.07) is 10.0. The van der Waals surface area contributed by atoms with Crippen LogP contribution >= 0.6 is 0 Å². The molecule has 3 rings (SSSR count). The van der Waals surface area contributed by atoms with Crippen molar-refractivity contribution in [3.8, 4) is 0 Å². The van der Waals surface area contributed by atoms with Crippen LogP contribution in [0.2, 0.25) is 0 Å². The number of anilines is 1. The third-order valence-corrected chi connectivity index (χ3v) is 5.76. The zero-order chi connectivity index (χ0) is 23.4. The first-order chi connectivity index (χ1) is 15.0. The lowest BCUT2D eigenvalue weighted by Crippen LogP contribution is -2.35. The highest BCUT2D eigenvalue weighted by Crippen LogP contribution is 2.31. The minimum Gasteiger partial charge on any atom is -0.339 e. The van der Waals surface area contributed by atoms with Gasteiger partial charge in [0.15, 0.2) is 0 Å². The Hall–Kier alpha value is -2.59. The molecule has 0 aromatic heterocycles. The molecule has 6 nitrogen and oxygen atoms in total. The number of amides is 1. The van der Waals surface area contributed by atoms with Gasteiger partial charge in [-0.15, -0.1) is 0 Å². The lowest BCUT2D eigenvalue weighted by atomic mass is 10.0. The summed E-state index contributed by atoms with van der Waals surface area (Å²) >= 11 is 0. The van der Waals surface area contributed by atoms with Gasteiger partial charge in [0.25, 0.3) is 5.91 Å². The number of nitrogens with one attached hydrogen (secondary N) is 2. The summed E-state index contributed by atoms with van der Waals surface area (Å²) in [6.07, 6.45) is -0.544. The molecule has 2 aromatic rings. The number of carbonyl (C=O) groups is 1. The van der Waals surface area contributed by atoms with Crippen LogP contribution in [-0.2, 0) is 29.3 Å². The molecule has 1 aliphatic rings. The molecule has 0 radical (unpaired) electrons. The number of alkyl halides is 3. The Balaban J connectivity index is 1.79. The summed E-state index contributed by atoms with van der Waals surface area (Å²) in [5.74, 6) is -0.189. The van der Waals surface area contributed by atoms with Crippen LogP contribution in [0.4, 0.5) is 18.9 Å². The smallest absolute Gasteiger partial charge is 0.339 e. The third kappa shape index (κ3) is 6.70. The zero-order valence-corrected chi connectivity index (χ0v) is 18.5. The Morgan fingerprint density at radius 2 is 1.72 bits per heavy atom. The number of likely N-dealkylation sites (tertiary alicyclic amines) is 1. The lowest BCUT2D eigenvalue weighted by Gasteiger charge is -2.27. The number of benzene rings is 2. The van der Waals surface area contributed by atoms with E-state index in [1.54, 1.807) is 17.0 Å². The molecule has 0 unspecified atom stereocenters. The fourth-order valence-corrected chi connectivity index (χ4v) is 4.31. The Morgan fingerprint density at radius 3 is 2.38 bits per heavy atom. The number of halogens is 3. The van der Waals surface area contributed by atoms with E-state index in [4.69, 9.17) is 0 Å². The number of hydrogen-bond acceptors (Lipinski definition) is 4. The van der Waals surface area contributed by atoms with E-state index in [2.05, 4.69) is 10.0 Å². The average Bonchev–Trinajstić information content (AvgIpc) is 2.72. The van der Waals surface area contributed by atoms with Crippen molar-refractivity contribution in [3.63, 3.8) is 0 Å². The summed E-state index contributed by atoms with van der Waals surface area (Å²) < 4.78 is 65.4. The SMILES string of the molecule is CS(=O)(=O)Nc1cc(CNCc2ccccc2C(F)(F)F)cc(C(=O)N2CCCCC2)c1. The van der Waals surface area contributed by atoms with E-state index in [1.165, 1.54) is 24.3 Å². The molecule has 174 valence electrons. The number of hydrogen-bond donors (Lipinski definition) is 2. The van der Waals surface area contributed by atoms with Crippen molar-refractivity contribution in [1.82, 2.24) is 10.2 Å². The van der Waals surface area contributed by atoms with Crippen LogP contribution in [0.3, 0.4) is 0 Å². The molecule has 1 amide bonds. The molecule has 1 heterocycles. The second kappa shape index (κ2) is 9.91. The van der Waals surface area contributed by atoms with Crippen molar-refractivity contribution in [2.45, 2.75) is 38.5 Å². The summed E-state index contributed by atoms with van der Waals surface area (Å²) in [7, 11) is -3.57. The zero-order valence-electron chi connectivity index (χ0n) is 17.7. The Kier molecular flexibility index (Phi) is 7.45. The number of carbonyl (C=O) groups excluding carboxylic acids is 1. The molecule has 1 fully saturated rings.